The molecule has 0 bridgehead atoms. The molecule has 3 nitrogen and oxygen atoms in total. The number of ketones is 1. The van der Waals surface area contributed by atoms with Crippen molar-refractivity contribution >= 4 is 11.8 Å². The molecule has 16 heavy (non-hydrogen) atoms. The minimum absolute atomic E-state index is 0.247. The molecular formula is C13H10O3. The number of para-hydroxylation sites is 1. The van der Waals surface area contributed by atoms with Crippen molar-refractivity contribution in [2.75, 3.05) is 0 Å². The van der Waals surface area contributed by atoms with Crippen LogP contribution in [0.3, 0.4) is 0 Å². The van der Waals surface area contributed by atoms with Crippen molar-refractivity contribution in [2.24, 2.45) is 5.92 Å². The molecule has 0 heterocycles. The third-order valence-corrected chi connectivity index (χ3v) is 2.20. The summed E-state index contributed by atoms with van der Waals surface area (Å²) in [7, 11) is 0. The Balaban J connectivity index is 2.07. The van der Waals surface area contributed by atoms with E-state index in [-0.39, 0.29) is 5.78 Å². The van der Waals surface area contributed by atoms with Crippen LogP contribution in [-0.4, -0.2) is 11.8 Å². The summed E-state index contributed by atoms with van der Waals surface area (Å²) in [5.41, 5.74) is 0. The zero-order valence-corrected chi connectivity index (χ0v) is 8.50. The zero-order chi connectivity index (χ0) is 11.4. The predicted molar refractivity (Wildman–Crippen MR) is 58.9 cm³/mol. The molecule has 0 saturated heterocycles. The third-order valence-electron chi connectivity index (χ3n) is 2.20. The fraction of sp³-hybridized carbons (Fsp3) is 0.0769. The Kier molecular flexibility index (Phi) is 2.96. The van der Waals surface area contributed by atoms with Crippen LogP contribution in [-0.2, 0) is 9.59 Å². The summed E-state index contributed by atoms with van der Waals surface area (Å²) in [6, 6.07) is 8.70. The molecule has 0 N–H and O–H groups in total. The lowest BCUT2D eigenvalue weighted by Crippen LogP contribution is -2.26. The maximum absolute atomic E-state index is 11.6. The normalized spacial score (nSPS) is 18.5. The molecule has 0 fully saturated rings. The fourth-order valence-electron chi connectivity index (χ4n) is 1.39. The van der Waals surface area contributed by atoms with Gasteiger partial charge in [0, 0.05) is 0 Å². The van der Waals surface area contributed by atoms with Gasteiger partial charge in [0.05, 0.1) is 0 Å². The van der Waals surface area contributed by atoms with E-state index in [9.17, 15) is 9.59 Å². The van der Waals surface area contributed by atoms with Crippen LogP contribution >= 0.6 is 0 Å². The number of hydrogen-bond acceptors (Lipinski definition) is 3. The summed E-state index contributed by atoms with van der Waals surface area (Å²) in [4.78, 5) is 23.0. The number of allylic oxidation sites excluding steroid dienone is 3. The molecule has 0 radical (unpaired) electrons. The SMILES string of the molecule is O=C1C=CC=CC1C(=O)Oc1ccccc1. The van der Waals surface area contributed by atoms with E-state index < -0.39 is 11.9 Å². The first-order valence-corrected chi connectivity index (χ1v) is 4.93. The zero-order valence-electron chi connectivity index (χ0n) is 8.50. The van der Waals surface area contributed by atoms with Gasteiger partial charge in [-0.1, -0.05) is 36.4 Å². The minimum Gasteiger partial charge on any atom is -0.426 e. The van der Waals surface area contributed by atoms with Crippen molar-refractivity contribution in [3.8, 4) is 5.75 Å². The maximum Gasteiger partial charge on any atom is 0.326 e. The maximum atomic E-state index is 11.6. The second-order valence-corrected chi connectivity index (χ2v) is 3.36. The number of benzene rings is 1. The van der Waals surface area contributed by atoms with E-state index in [1.54, 1.807) is 36.4 Å². The molecule has 1 aliphatic carbocycles. The molecule has 0 saturated carbocycles. The first kappa shape index (κ1) is 10.4. The highest BCUT2D eigenvalue weighted by Crippen LogP contribution is 2.14. The molecule has 0 aliphatic heterocycles. The lowest BCUT2D eigenvalue weighted by molar-refractivity contribution is -0.140. The van der Waals surface area contributed by atoms with Crippen molar-refractivity contribution in [2.45, 2.75) is 0 Å². The molecule has 1 aromatic rings. The van der Waals surface area contributed by atoms with Crippen molar-refractivity contribution < 1.29 is 14.3 Å². The second-order valence-electron chi connectivity index (χ2n) is 3.36. The number of rotatable bonds is 2. The molecule has 1 aliphatic rings. The smallest absolute Gasteiger partial charge is 0.326 e. The predicted octanol–water partition coefficient (Wildman–Crippen LogP) is 1.90. The number of carbonyl (C=O) groups excluding carboxylic acids is 2. The first-order valence-electron chi connectivity index (χ1n) is 4.93. The van der Waals surface area contributed by atoms with E-state index in [1.807, 2.05) is 6.07 Å². The van der Waals surface area contributed by atoms with Gasteiger partial charge >= 0.3 is 5.97 Å². The topological polar surface area (TPSA) is 43.4 Å². The molecule has 0 aromatic heterocycles. The van der Waals surface area contributed by atoms with Gasteiger partial charge in [0.1, 0.15) is 11.7 Å². The van der Waals surface area contributed by atoms with Crippen LogP contribution in [0.1, 0.15) is 0 Å². The van der Waals surface area contributed by atoms with Crippen molar-refractivity contribution in [3.63, 3.8) is 0 Å². The summed E-state index contributed by atoms with van der Waals surface area (Å²) >= 11 is 0. The quantitative estimate of drug-likeness (QED) is 0.429. The van der Waals surface area contributed by atoms with Gasteiger partial charge in [0.15, 0.2) is 5.78 Å². The van der Waals surface area contributed by atoms with Crippen molar-refractivity contribution in [3.05, 3.63) is 54.6 Å². The molecule has 3 heteroatoms. The Labute approximate surface area is 93.0 Å². The van der Waals surface area contributed by atoms with Gasteiger partial charge in [-0.15, -0.1) is 0 Å². The Morgan fingerprint density at radius 2 is 1.88 bits per heavy atom. The largest absolute Gasteiger partial charge is 0.426 e. The molecule has 80 valence electrons. The fourth-order valence-corrected chi connectivity index (χ4v) is 1.39. The summed E-state index contributed by atoms with van der Waals surface area (Å²) in [5.74, 6) is -1.16. The summed E-state index contributed by atoms with van der Waals surface area (Å²) in [6.45, 7) is 0. The van der Waals surface area contributed by atoms with Crippen LogP contribution in [0.15, 0.2) is 54.6 Å². The van der Waals surface area contributed by atoms with Crippen LogP contribution in [0.25, 0.3) is 0 Å². The highest BCUT2D eigenvalue weighted by molar-refractivity contribution is 6.08. The van der Waals surface area contributed by atoms with Crippen molar-refractivity contribution in [1.82, 2.24) is 0 Å². The summed E-state index contributed by atoms with van der Waals surface area (Å²) in [5, 5.41) is 0. The van der Waals surface area contributed by atoms with E-state index in [4.69, 9.17) is 4.74 Å². The highest BCUT2D eigenvalue weighted by Gasteiger charge is 2.25. The first-order chi connectivity index (χ1) is 7.77. The van der Waals surface area contributed by atoms with Gasteiger partial charge < -0.3 is 4.74 Å². The highest BCUT2D eigenvalue weighted by atomic mass is 16.5. The number of ether oxygens (including phenoxy) is 1. The number of hydrogen-bond donors (Lipinski definition) is 0. The van der Waals surface area contributed by atoms with Crippen LogP contribution in [0.4, 0.5) is 0 Å². The third kappa shape index (κ3) is 2.25. The van der Waals surface area contributed by atoms with Gasteiger partial charge in [-0.05, 0) is 18.2 Å². The van der Waals surface area contributed by atoms with Crippen LogP contribution in [0, 0.1) is 5.92 Å². The molecule has 0 amide bonds. The van der Waals surface area contributed by atoms with Gasteiger partial charge in [-0.25, -0.2) is 0 Å². The molecule has 1 aromatic carbocycles. The second kappa shape index (κ2) is 4.57. The van der Waals surface area contributed by atoms with Crippen LogP contribution in [0.2, 0.25) is 0 Å². The lowest BCUT2D eigenvalue weighted by Gasteiger charge is -2.10. The van der Waals surface area contributed by atoms with E-state index in [0.29, 0.717) is 5.75 Å². The van der Waals surface area contributed by atoms with Crippen LogP contribution < -0.4 is 4.74 Å². The Hall–Kier alpha value is -2.16. The molecule has 1 atom stereocenters. The lowest BCUT2D eigenvalue weighted by atomic mass is 10.00. The van der Waals surface area contributed by atoms with Gasteiger partial charge in [-0.2, -0.15) is 0 Å². The van der Waals surface area contributed by atoms with Crippen molar-refractivity contribution in [1.29, 1.82) is 0 Å². The van der Waals surface area contributed by atoms with Gasteiger partial charge in [0.2, 0.25) is 0 Å². The number of esters is 1. The van der Waals surface area contributed by atoms with E-state index in [0.717, 1.165) is 0 Å². The average molecular weight is 214 g/mol. The Bertz CT molecular complexity index is 457. The van der Waals surface area contributed by atoms with E-state index in [2.05, 4.69) is 0 Å². The Morgan fingerprint density at radius 1 is 1.12 bits per heavy atom. The van der Waals surface area contributed by atoms with E-state index >= 15 is 0 Å². The monoisotopic (exact) mass is 214 g/mol. The molecular weight excluding hydrogens is 204 g/mol. The minimum atomic E-state index is -0.815. The van der Waals surface area contributed by atoms with Gasteiger partial charge in [0.25, 0.3) is 0 Å². The molecule has 2 rings (SSSR count). The molecule has 1 unspecified atom stereocenters. The molecule has 0 spiro atoms. The number of carbonyl (C=O) groups is 2. The van der Waals surface area contributed by atoms with E-state index in [1.165, 1.54) is 12.2 Å². The summed E-state index contributed by atoms with van der Waals surface area (Å²) in [6.07, 6.45) is 6.18. The average Bonchev–Trinajstić information content (AvgIpc) is 2.31. The Morgan fingerprint density at radius 3 is 2.56 bits per heavy atom. The summed E-state index contributed by atoms with van der Waals surface area (Å²) < 4.78 is 5.08. The standard InChI is InChI=1S/C13H10O3/c14-12-9-5-4-8-11(12)13(15)16-10-6-2-1-3-7-10/h1-9,11H. The van der Waals surface area contributed by atoms with Gasteiger partial charge in [-0.3, -0.25) is 9.59 Å². The van der Waals surface area contributed by atoms with Crippen LogP contribution in [0.5, 0.6) is 5.75 Å².